The number of benzene rings is 1. The van der Waals surface area contributed by atoms with Crippen molar-refractivity contribution in [1.82, 2.24) is 0 Å². The van der Waals surface area contributed by atoms with E-state index in [-0.39, 0.29) is 36.0 Å². The van der Waals surface area contributed by atoms with E-state index in [1.54, 1.807) is 19.1 Å². The van der Waals surface area contributed by atoms with Gasteiger partial charge in [0, 0.05) is 17.1 Å². The molecule has 0 heterocycles. The third kappa shape index (κ3) is 6.61. The Balaban J connectivity index is 1.59. The molecule has 2 aliphatic carbocycles. The van der Waals surface area contributed by atoms with Crippen LogP contribution in [0.5, 0.6) is 0 Å². The van der Waals surface area contributed by atoms with Gasteiger partial charge < -0.3 is 18.9 Å². The lowest BCUT2D eigenvalue weighted by atomic mass is 9.90. The molecule has 3 rings (SSSR count). The van der Waals surface area contributed by atoms with E-state index in [0.29, 0.717) is 18.8 Å². The van der Waals surface area contributed by atoms with Crippen LogP contribution in [0.4, 0.5) is 4.39 Å². The number of carbonyl (C=O) groups is 3. The summed E-state index contributed by atoms with van der Waals surface area (Å²) in [5, 5.41) is 0.0462. The summed E-state index contributed by atoms with van der Waals surface area (Å²) in [4.78, 5) is 37.4. The summed E-state index contributed by atoms with van der Waals surface area (Å²) in [7, 11) is 0. The Morgan fingerprint density at radius 3 is 2.52 bits per heavy atom. The van der Waals surface area contributed by atoms with Gasteiger partial charge in [-0.05, 0) is 48.8 Å². The van der Waals surface area contributed by atoms with Crippen LogP contribution < -0.4 is 0 Å². The molecule has 0 bridgehead atoms. The second kappa shape index (κ2) is 12.0. The zero-order valence-corrected chi connectivity index (χ0v) is 20.2. The minimum Gasteiger partial charge on any atom is -0.438 e. The Morgan fingerprint density at radius 2 is 1.82 bits per heavy atom. The average Bonchev–Trinajstić information content (AvgIpc) is 3.37. The molecule has 33 heavy (non-hydrogen) atoms. The molecule has 2 fully saturated rings. The lowest BCUT2D eigenvalue weighted by Crippen LogP contribution is -2.30. The van der Waals surface area contributed by atoms with Crippen molar-refractivity contribution in [2.24, 2.45) is 29.6 Å². The van der Waals surface area contributed by atoms with Crippen molar-refractivity contribution >= 4 is 41.3 Å². The first-order valence-electron chi connectivity index (χ1n) is 11.0. The van der Waals surface area contributed by atoms with Crippen LogP contribution in [0.15, 0.2) is 23.1 Å². The Labute approximate surface area is 201 Å². The zero-order valence-electron chi connectivity index (χ0n) is 18.6. The highest BCUT2D eigenvalue weighted by Gasteiger charge is 2.67. The molecule has 0 aromatic heterocycles. The summed E-state index contributed by atoms with van der Waals surface area (Å²) < 4.78 is 33.9. The lowest BCUT2D eigenvalue weighted by molar-refractivity contribution is -0.169. The van der Waals surface area contributed by atoms with Gasteiger partial charge in [0.2, 0.25) is 6.79 Å². The predicted octanol–water partition coefficient (Wildman–Crippen LogP) is 4.45. The number of halogens is 2. The van der Waals surface area contributed by atoms with Crippen LogP contribution in [0.25, 0.3) is 0 Å². The van der Waals surface area contributed by atoms with E-state index in [4.69, 9.17) is 30.5 Å². The van der Waals surface area contributed by atoms with Gasteiger partial charge in [0.25, 0.3) is 0 Å². The summed E-state index contributed by atoms with van der Waals surface area (Å²) in [6.45, 7) is 3.53. The third-order valence-electron chi connectivity index (χ3n) is 5.97. The van der Waals surface area contributed by atoms with Crippen molar-refractivity contribution in [2.45, 2.75) is 38.0 Å². The first kappa shape index (κ1) is 25.8. The van der Waals surface area contributed by atoms with Crippen molar-refractivity contribution in [3.63, 3.8) is 0 Å². The smallest absolute Gasteiger partial charge is 0.312 e. The first-order valence-corrected chi connectivity index (χ1v) is 12.4. The predicted molar refractivity (Wildman–Crippen MR) is 119 cm³/mol. The molecular weight excluding hydrogens is 475 g/mol. The highest BCUT2D eigenvalue weighted by Crippen LogP contribution is 2.64. The number of thioether (sulfide) groups is 1. The van der Waals surface area contributed by atoms with Crippen LogP contribution in [-0.4, -0.2) is 43.9 Å². The Morgan fingerprint density at radius 1 is 1.09 bits per heavy atom. The second-order valence-electron chi connectivity index (χ2n) is 8.12. The molecule has 182 valence electrons. The van der Waals surface area contributed by atoms with Gasteiger partial charge in [0.1, 0.15) is 5.82 Å². The van der Waals surface area contributed by atoms with E-state index < -0.39 is 42.4 Å². The fourth-order valence-corrected chi connectivity index (χ4v) is 5.74. The maximum atomic E-state index is 13.4. The van der Waals surface area contributed by atoms with Crippen molar-refractivity contribution < 1.29 is 37.7 Å². The Kier molecular flexibility index (Phi) is 9.40. The summed E-state index contributed by atoms with van der Waals surface area (Å²) in [5.74, 6) is -2.28. The molecule has 1 aromatic rings. The normalized spacial score (nSPS) is 25.3. The van der Waals surface area contributed by atoms with Gasteiger partial charge in [-0.15, -0.1) is 11.8 Å². The third-order valence-corrected chi connectivity index (χ3v) is 7.44. The maximum absolute atomic E-state index is 13.4. The van der Waals surface area contributed by atoms with Crippen molar-refractivity contribution in [3.8, 4) is 0 Å². The number of fused-ring (bicyclic) bond motifs is 1. The second-order valence-corrected chi connectivity index (χ2v) is 9.62. The molecule has 10 heteroatoms. The van der Waals surface area contributed by atoms with Crippen LogP contribution in [-0.2, 0) is 33.3 Å². The minimum absolute atomic E-state index is 0.0101. The molecule has 0 spiro atoms. The lowest BCUT2D eigenvalue weighted by Gasteiger charge is -2.22. The summed E-state index contributed by atoms with van der Waals surface area (Å²) in [6, 6.07) is 4.51. The highest BCUT2D eigenvalue weighted by atomic mass is 35.5. The molecule has 0 radical (unpaired) electrons. The van der Waals surface area contributed by atoms with E-state index in [0.717, 1.165) is 11.3 Å². The molecule has 2 saturated carbocycles. The van der Waals surface area contributed by atoms with Gasteiger partial charge in [-0.25, -0.2) is 4.39 Å². The van der Waals surface area contributed by atoms with Gasteiger partial charge in [-0.1, -0.05) is 25.4 Å². The van der Waals surface area contributed by atoms with Gasteiger partial charge in [0.15, 0.2) is 6.79 Å². The number of esters is 3. The van der Waals surface area contributed by atoms with Crippen LogP contribution in [0.2, 0.25) is 5.02 Å². The van der Waals surface area contributed by atoms with E-state index in [2.05, 4.69) is 0 Å². The Bertz CT molecular complexity index is 867. The fraction of sp³-hybridized carbons (Fsp3) is 0.609. The Hall–Kier alpha value is -1.84. The summed E-state index contributed by atoms with van der Waals surface area (Å²) >= 11 is 7.35. The minimum atomic E-state index is -0.484. The molecule has 5 unspecified atom stereocenters. The highest BCUT2D eigenvalue weighted by molar-refractivity contribution is 7.99. The van der Waals surface area contributed by atoms with E-state index in [9.17, 15) is 18.8 Å². The van der Waals surface area contributed by atoms with Gasteiger partial charge in [0.05, 0.1) is 23.5 Å². The quantitative estimate of drug-likeness (QED) is 0.179. The van der Waals surface area contributed by atoms with E-state index in [1.165, 1.54) is 17.8 Å². The van der Waals surface area contributed by atoms with Crippen LogP contribution in [0.3, 0.4) is 0 Å². The number of carbonyl (C=O) groups excluding carboxylic acids is 3. The largest absolute Gasteiger partial charge is 0.438 e. The fourth-order valence-electron chi connectivity index (χ4n) is 4.38. The van der Waals surface area contributed by atoms with Gasteiger partial charge in [-0.3, -0.25) is 14.4 Å². The maximum Gasteiger partial charge on any atom is 0.312 e. The van der Waals surface area contributed by atoms with Crippen LogP contribution in [0.1, 0.15) is 33.1 Å². The first-order chi connectivity index (χ1) is 15.9. The summed E-state index contributed by atoms with van der Waals surface area (Å²) in [5.41, 5.74) is 0. The van der Waals surface area contributed by atoms with Gasteiger partial charge in [-0.2, -0.15) is 0 Å². The molecule has 0 amide bonds. The molecule has 0 saturated heterocycles. The van der Waals surface area contributed by atoms with Crippen LogP contribution in [0, 0.1) is 35.4 Å². The van der Waals surface area contributed by atoms with Crippen LogP contribution >= 0.6 is 23.4 Å². The standard InChI is InChI=1S/C23H28ClFO7S/c1-3-7-29-11-31-22(27)19-13(10-33-14-5-6-17(25)16(24)9-14)8-15-20(19)21(15)23(28)32-12-30-18(26)4-2/h5-6,9,13,15,19-21H,3-4,7-8,10-12H2,1-2H3. The van der Waals surface area contributed by atoms with Crippen molar-refractivity contribution in [3.05, 3.63) is 29.0 Å². The van der Waals surface area contributed by atoms with Gasteiger partial charge >= 0.3 is 17.9 Å². The molecule has 2 aliphatic rings. The average molecular weight is 503 g/mol. The monoisotopic (exact) mass is 502 g/mol. The zero-order chi connectivity index (χ0) is 24.0. The molecule has 5 atom stereocenters. The molecular formula is C23H28ClFO7S. The molecule has 0 aliphatic heterocycles. The number of hydrogen-bond donors (Lipinski definition) is 0. The topological polar surface area (TPSA) is 88.1 Å². The summed E-state index contributed by atoms with van der Waals surface area (Å²) in [6.07, 6.45) is 1.66. The van der Waals surface area contributed by atoms with E-state index >= 15 is 0 Å². The number of ether oxygens (including phenoxy) is 4. The molecule has 1 aromatic carbocycles. The SMILES string of the molecule is CCCOCOC(=O)C1C(CSc2ccc(F)c(Cl)c2)CC2C(C(=O)OCOC(=O)CC)C21. The molecule has 7 nitrogen and oxygen atoms in total. The molecule has 0 N–H and O–H groups in total. The number of rotatable bonds is 12. The van der Waals surface area contributed by atoms with E-state index in [1.807, 2.05) is 6.92 Å². The van der Waals surface area contributed by atoms with Crippen molar-refractivity contribution in [2.75, 3.05) is 25.9 Å². The van der Waals surface area contributed by atoms with Crippen molar-refractivity contribution in [1.29, 1.82) is 0 Å². The number of hydrogen-bond acceptors (Lipinski definition) is 8.